The zero-order chi connectivity index (χ0) is 16.0. The van der Waals surface area contributed by atoms with Crippen molar-refractivity contribution >= 4 is 5.91 Å². The quantitative estimate of drug-likeness (QED) is 0.871. The highest BCUT2D eigenvalue weighted by molar-refractivity contribution is 5.94. The molecule has 0 aliphatic heterocycles. The third kappa shape index (κ3) is 5.48. The molecule has 6 heteroatoms. The Kier molecular flexibility index (Phi) is 5.79. The molecule has 3 nitrogen and oxygen atoms in total. The van der Waals surface area contributed by atoms with Crippen LogP contribution in [0.25, 0.3) is 0 Å². The highest BCUT2D eigenvalue weighted by atomic mass is 19.4. The lowest BCUT2D eigenvalue weighted by Gasteiger charge is -2.18. The van der Waals surface area contributed by atoms with Crippen LogP contribution >= 0.6 is 0 Å². The number of carbonyl (C=O) groups excluding carboxylic acids is 1. The van der Waals surface area contributed by atoms with Crippen LogP contribution in [0.2, 0.25) is 0 Å². The van der Waals surface area contributed by atoms with E-state index in [1.165, 1.54) is 7.05 Å². The predicted octanol–water partition coefficient (Wildman–Crippen LogP) is 2.33. The number of amides is 1. The molecule has 0 aromatic heterocycles. The van der Waals surface area contributed by atoms with Crippen LogP contribution in [0, 0.1) is 18.8 Å². The number of carbonyl (C=O) groups is 1. The number of benzene rings is 1. The minimum atomic E-state index is -4.28. The molecule has 0 aliphatic rings. The van der Waals surface area contributed by atoms with Gasteiger partial charge in [-0.2, -0.15) is 13.2 Å². The highest BCUT2D eigenvalue weighted by Crippen LogP contribution is 2.20. The summed E-state index contributed by atoms with van der Waals surface area (Å²) in [7, 11) is 1.35. The third-order valence-electron chi connectivity index (χ3n) is 2.89. The normalized spacial score (nSPS) is 10.8. The van der Waals surface area contributed by atoms with Crippen LogP contribution in [0.3, 0.4) is 0 Å². The maximum Gasteiger partial charge on any atom is 0.390 e. The summed E-state index contributed by atoms with van der Waals surface area (Å²) in [6, 6.07) is 4.87. The molecule has 114 valence electrons. The summed E-state index contributed by atoms with van der Waals surface area (Å²) in [5.41, 5.74) is 7.14. The van der Waals surface area contributed by atoms with Gasteiger partial charge in [-0.25, -0.2) is 0 Å². The van der Waals surface area contributed by atoms with Crippen molar-refractivity contribution in [3.05, 3.63) is 34.9 Å². The lowest BCUT2D eigenvalue weighted by Crippen LogP contribution is -2.30. The fraction of sp³-hybridized carbons (Fsp3) is 0.400. The zero-order valence-electron chi connectivity index (χ0n) is 11.9. The van der Waals surface area contributed by atoms with Crippen LogP contribution in [0.15, 0.2) is 18.2 Å². The molecular weight excluding hydrogens is 281 g/mol. The van der Waals surface area contributed by atoms with Gasteiger partial charge in [0.25, 0.3) is 5.91 Å². The molecule has 1 rings (SSSR count). The van der Waals surface area contributed by atoms with Gasteiger partial charge < -0.3 is 10.6 Å². The van der Waals surface area contributed by atoms with E-state index in [9.17, 15) is 18.0 Å². The van der Waals surface area contributed by atoms with Crippen LogP contribution in [-0.2, 0) is 0 Å². The van der Waals surface area contributed by atoms with E-state index in [1.807, 2.05) is 6.92 Å². The summed E-state index contributed by atoms with van der Waals surface area (Å²) < 4.78 is 36.5. The molecule has 0 unspecified atom stereocenters. The van der Waals surface area contributed by atoms with Crippen molar-refractivity contribution in [1.29, 1.82) is 0 Å². The number of aryl methyl sites for hydroxylation is 1. The van der Waals surface area contributed by atoms with Gasteiger partial charge in [-0.15, -0.1) is 0 Å². The van der Waals surface area contributed by atoms with Gasteiger partial charge >= 0.3 is 6.18 Å². The summed E-state index contributed by atoms with van der Waals surface area (Å²) >= 11 is 0. The largest absolute Gasteiger partial charge is 0.390 e. The lowest BCUT2D eigenvalue weighted by molar-refractivity contribution is -0.136. The summed E-state index contributed by atoms with van der Waals surface area (Å²) in [6.07, 6.45) is -5.31. The fourth-order valence-electron chi connectivity index (χ4n) is 1.65. The van der Waals surface area contributed by atoms with Gasteiger partial charge in [0.05, 0.1) is 13.0 Å². The smallest absolute Gasteiger partial charge is 0.341 e. The van der Waals surface area contributed by atoms with E-state index >= 15 is 0 Å². The molecule has 1 aromatic rings. The monoisotopic (exact) mass is 298 g/mol. The van der Waals surface area contributed by atoms with Gasteiger partial charge in [0, 0.05) is 24.7 Å². The van der Waals surface area contributed by atoms with Gasteiger partial charge in [-0.1, -0.05) is 17.9 Å². The number of nitrogens with two attached hydrogens (primary N) is 1. The average molecular weight is 298 g/mol. The van der Waals surface area contributed by atoms with E-state index < -0.39 is 18.5 Å². The summed E-state index contributed by atoms with van der Waals surface area (Å²) in [5.74, 6) is 5.06. The molecule has 0 fully saturated rings. The Labute approximate surface area is 121 Å². The zero-order valence-corrected chi connectivity index (χ0v) is 11.9. The number of hydrogen-bond donors (Lipinski definition) is 1. The Morgan fingerprint density at radius 2 is 2.05 bits per heavy atom. The van der Waals surface area contributed by atoms with Gasteiger partial charge in [0.2, 0.25) is 0 Å². The van der Waals surface area contributed by atoms with E-state index in [0.717, 1.165) is 10.5 Å². The van der Waals surface area contributed by atoms with Gasteiger partial charge in [-0.3, -0.25) is 4.79 Å². The Hall–Kier alpha value is -2.00. The first-order chi connectivity index (χ1) is 9.74. The van der Waals surface area contributed by atoms with Crippen molar-refractivity contribution in [2.75, 3.05) is 20.1 Å². The third-order valence-corrected chi connectivity index (χ3v) is 2.89. The average Bonchev–Trinajstić information content (AvgIpc) is 2.42. The minimum absolute atomic E-state index is 0.198. The maximum absolute atomic E-state index is 12.2. The van der Waals surface area contributed by atoms with E-state index in [-0.39, 0.29) is 13.1 Å². The first-order valence-electron chi connectivity index (χ1n) is 6.36. The van der Waals surface area contributed by atoms with Crippen molar-refractivity contribution in [2.24, 2.45) is 5.73 Å². The molecule has 1 amide bonds. The number of rotatable bonds is 3. The second-order valence-electron chi connectivity index (χ2n) is 4.63. The molecule has 0 atom stereocenters. The lowest BCUT2D eigenvalue weighted by atomic mass is 10.0. The first kappa shape index (κ1) is 17.1. The van der Waals surface area contributed by atoms with Crippen molar-refractivity contribution < 1.29 is 18.0 Å². The molecule has 2 N–H and O–H groups in total. The number of halogens is 3. The van der Waals surface area contributed by atoms with E-state index in [4.69, 9.17) is 5.73 Å². The van der Waals surface area contributed by atoms with E-state index in [2.05, 4.69) is 11.8 Å². The molecular formula is C15H17F3N2O. The van der Waals surface area contributed by atoms with E-state index in [0.29, 0.717) is 11.1 Å². The molecule has 0 radical (unpaired) electrons. The van der Waals surface area contributed by atoms with Gasteiger partial charge in [0.15, 0.2) is 0 Å². The topological polar surface area (TPSA) is 46.3 Å². The summed E-state index contributed by atoms with van der Waals surface area (Å²) in [4.78, 5) is 13.1. The minimum Gasteiger partial charge on any atom is -0.341 e. The second-order valence-corrected chi connectivity index (χ2v) is 4.63. The van der Waals surface area contributed by atoms with Crippen LogP contribution in [0.5, 0.6) is 0 Å². The van der Waals surface area contributed by atoms with Crippen molar-refractivity contribution in [2.45, 2.75) is 19.5 Å². The highest BCUT2D eigenvalue weighted by Gasteiger charge is 2.28. The molecule has 0 heterocycles. The van der Waals surface area contributed by atoms with E-state index in [1.54, 1.807) is 18.2 Å². The van der Waals surface area contributed by atoms with Gasteiger partial charge in [-0.05, 0) is 24.6 Å². The molecule has 0 bridgehead atoms. The Morgan fingerprint density at radius 3 is 2.62 bits per heavy atom. The standard InChI is InChI=1S/C15H17F3N2O/c1-11-5-6-13(10-12(11)4-3-8-19)14(21)20(2)9-7-15(16,17)18/h5-6,10H,7-9,19H2,1-2H3. The SMILES string of the molecule is Cc1ccc(C(=O)N(C)CCC(F)(F)F)cc1C#CCN. The van der Waals surface area contributed by atoms with Crippen LogP contribution in [-0.4, -0.2) is 37.1 Å². The number of nitrogens with zero attached hydrogens (tertiary/aromatic N) is 1. The van der Waals surface area contributed by atoms with Gasteiger partial charge in [0.1, 0.15) is 0 Å². The molecule has 0 saturated carbocycles. The van der Waals surface area contributed by atoms with Crippen LogP contribution in [0.1, 0.15) is 27.9 Å². The Balaban J connectivity index is 2.87. The molecule has 0 saturated heterocycles. The summed E-state index contributed by atoms with van der Waals surface area (Å²) in [5, 5.41) is 0. The summed E-state index contributed by atoms with van der Waals surface area (Å²) in [6.45, 7) is 1.66. The molecule has 0 aliphatic carbocycles. The molecule has 21 heavy (non-hydrogen) atoms. The molecule has 1 aromatic carbocycles. The predicted molar refractivity (Wildman–Crippen MR) is 74.7 cm³/mol. The van der Waals surface area contributed by atoms with Crippen LogP contribution in [0.4, 0.5) is 13.2 Å². The van der Waals surface area contributed by atoms with Crippen molar-refractivity contribution in [3.8, 4) is 11.8 Å². The Bertz CT molecular complexity index is 571. The number of hydrogen-bond acceptors (Lipinski definition) is 2. The van der Waals surface area contributed by atoms with Crippen LogP contribution < -0.4 is 5.73 Å². The van der Waals surface area contributed by atoms with Crippen molar-refractivity contribution in [3.63, 3.8) is 0 Å². The fourth-order valence-corrected chi connectivity index (χ4v) is 1.65. The second kappa shape index (κ2) is 7.14. The maximum atomic E-state index is 12.2. The number of alkyl halides is 3. The first-order valence-corrected chi connectivity index (χ1v) is 6.36. The molecule has 0 spiro atoms. The Morgan fingerprint density at radius 1 is 1.38 bits per heavy atom. The van der Waals surface area contributed by atoms with Crippen molar-refractivity contribution in [1.82, 2.24) is 4.90 Å².